The first-order chi connectivity index (χ1) is 8.93. The lowest BCUT2D eigenvalue weighted by molar-refractivity contribution is -0.163. The van der Waals surface area contributed by atoms with Crippen molar-refractivity contribution >= 4 is 0 Å². The van der Waals surface area contributed by atoms with E-state index in [0.717, 1.165) is 58.5 Å². The molecule has 0 aromatic rings. The molecule has 1 aliphatic heterocycles. The van der Waals surface area contributed by atoms with E-state index in [2.05, 4.69) is 6.07 Å². The molecule has 1 saturated heterocycles. The van der Waals surface area contributed by atoms with Gasteiger partial charge in [-0.15, -0.1) is 0 Å². The fourth-order valence-electron chi connectivity index (χ4n) is 1.87. The normalized spacial score (nSPS) is 19.6. The molecule has 0 aromatic carbocycles. The van der Waals surface area contributed by atoms with Crippen LogP contribution < -0.4 is 0 Å². The van der Waals surface area contributed by atoms with Gasteiger partial charge in [0.1, 0.15) is 0 Å². The summed E-state index contributed by atoms with van der Waals surface area (Å²) in [5.41, 5.74) is 0. The smallest absolute Gasteiger partial charge is 0.157 e. The molecule has 1 atom stereocenters. The average Bonchev–Trinajstić information content (AvgIpc) is 2.42. The molecule has 0 amide bonds. The number of ether oxygens (including phenoxy) is 3. The minimum Gasteiger partial charge on any atom is -0.381 e. The van der Waals surface area contributed by atoms with Crippen molar-refractivity contribution in [2.24, 2.45) is 0 Å². The molecule has 1 aliphatic rings. The molecule has 1 rings (SSSR count). The molecule has 1 unspecified atom stereocenters. The molecule has 0 aromatic heterocycles. The maximum absolute atomic E-state index is 8.36. The van der Waals surface area contributed by atoms with Crippen LogP contribution in [0.3, 0.4) is 0 Å². The van der Waals surface area contributed by atoms with Gasteiger partial charge in [0.15, 0.2) is 6.29 Å². The fraction of sp³-hybridized carbons (Fsp3) is 0.929. The van der Waals surface area contributed by atoms with Crippen LogP contribution in [0.1, 0.15) is 51.4 Å². The van der Waals surface area contributed by atoms with Crippen molar-refractivity contribution in [3.8, 4) is 6.07 Å². The highest BCUT2D eigenvalue weighted by Crippen LogP contribution is 2.13. The maximum atomic E-state index is 8.36. The van der Waals surface area contributed by atoms with Crippen molar-refractivity contribution in [1.29, 1.82) is 5.26 Å². The molecule has 1 heterocycles. The van der Waals surface area contributed by atoms with E-state index in [1.54, 1.807) is 0 Å². The number of hydrogen-bond acceptors (Lipinski definition) is 4. The summed E-state index contributed by atoms with van der Waals surface area (Å²) in [6.45, 7) is 3.18. The van der Waals surface area contributed by atoms with Crippen molar-refractivity contribution < 1.29 is 14.2 Å². The number of rotatable bonds is 10. The number of nitrogens with zero attached hydrogens (tertiary/aromatic N) is 1. The van der Waals surface area contributed by atoms with Crippen molar-refractivity contribution in [2.45, 2.75) is 57.7 Å². The van der Waals surface area contributed by atoms with Gasteiger partial charge in [-0.1, -0.05) is 0 Å². The zero-order chi connectivity index (χ0) is 12.9. The summed E-state index contributed by atoms with van der Waals surface area (Å²) >= 11 is 0. The third-order valence-electron chi connectivity index (χ3n) is 2.95. The first-order valence-electron chi connectivity index (χ1n) is 7.11. The van der Waals surface area contributed by atoms with E-state index in [1.165, 1.54) is 12.8 Å². The van der Waals surface area contributed by atoms with Crippen molar-refractivity contribution in [2.75, 3.05) is 26.4 Å². The Labute approximate surface area is 110 Å². The first-order valence-corrected chi connectivity index (χ1v) is 7.11. The van der Waals surface area contributed by atoms with E-state index in [-0.39, 0.29) is 6.29 Å². The van der Waals surface area contributed by atoms with E-state index in [0.29, 0.717) is 6.42 Å². The standard InChI is InChI=1S/C14H25NO3/c15-9-3-1-4-10-16-11-6-7-13-18-14-8-2-5-12-17-14/h14H,1-8,10-13H2. The molecule has 0 spiro atoms. The molecule has 0 radical (unpaired) electrons. The predicted octanol–water partition coefficient (Wildman–Crippen LogP) is 3.02. The van der Waals surface area contributed by atoms with Crippen LogP contribution in [-0.4, -0.2) is 32.7 Å². The summed E-state index contributed by atoms with van der Waals surface area (Å²) in [5, 5.41) is 8.36. The van der Waals surface area contributed by atoms with Crippen molar-refractivity contribution in [1.82, 2.24) is 0 Å². The van der Waals surface area contributed by atoms with Gasteiger partial charge in [-0.25, -0.2) is 0 Å². The molecule has 0 saturated carbocycles. The first kappa shape index (κ1) is 15.4. The van der Waals surface area contributed by atoms with E-state index in [4.69, 9.17) is 19.5 Å². The third-order valence-corrected chi connectivity index (χ3v) is 2.95. The van der Waals surface area contributed by atoms with Gasteiger partial charge in [-0.05, 0) is 44.9 Å². The lowest BCUT2D eigenvalue weighted by atomic mass is 10.2. The molecule has 0 bridgehead atoms. The Balaban J connectivity index is 1.74. The highest BCUT2D eigenvalue weighted by Gasteiger charge is 2.13. The molecule has 0 aliphatic carbocycles. The summed E-state index contributed by atoms with van der Waals surface area (Å²) in [5.74, 6) is 0. The van der Waals surface area contributed by atoms with E-state index >= 15 is 0 Å². The Morgan fingerprint density at radius 2 is 1.83 bits per heavy atom. The monoisotopic (exact) mass is 255 g/mol. The maximum Gasteiger partial charge on any atom is 0.157 e. The second kappa shape index (κ2) is 11.5. The third kappa shape index (κ3) is 8.46. The second-order valence-corrected chi connectivity index (χ2v) is 4.60. The van der Waals surface area contributed by atoms with Crippen LogP contribution in [0.2, 0.25) is 0 Å². The number of unbranched alkanes of at least 4 members (excludes halogenated alkanes) is 3. The lowest BCUT2D eigenvalue weighted by Gasteiger charge is -2.22. The molecule has 4 nitrogen and oxygen atoms in total. The zero-order valence-corrected chi connectivity index (χ0v) is 11.2. The topological polar surface area (TPSA) is 51.5 Å². The number of hydrogen-bond donors (Lipinski definition) is 0. The van der Waals surface area contributed by atoms with Crippen LogP contribution in [0, 0.1) is 11.3 Å². The zero-order valence-electron chi connectivity index (χ0n) is 11.2. The van der Waals surface area contributed by atoms with Crippen molar-refractivity contribution in [3.05, 3.63) is 0 Å². The van der Waals surface area contributed by atoms with Gasteiger partial charge < -0.3 is 14.2 Å². The van der Waals surface area contributed by atoms with Gasteiger partial charge in [0.2, 0.25) is 0 Å². The van der Waals surface area contributed by atoms with Crippen LogP contribution in [0.15, 0.2) is 0 Å². The van der Waals surface area contributed by atoms with Crippen LogP contribution in [0.25, 0.3) is 0 Å². The molecular weight excluding hydrogens is 230 g/mol. The number of nitriles is 1. The predicted molar refractivity (Wildman–Crippen MR) is 69.1 cm³/mol. The summed E-state index contributed by atoms with van der Waals surface area (Å²) in [7, 11) is 0. The molecule has 1 fully saturated rings. The Morgan fingerprint density at radius 1 is 1.06 bits per heavy atom. The van der Waals surface area contributed by atoms with Gasteiger partial charge in [-0.3, -0.25) is 0 Å². The van der Waals surface area contributed by atoms with Crippen LogP contribution in [0.5, 0.6) is 0 Å². The van der Waals surface area contributed by atoms with E-state index in [9.17, 15) is 0 Å². The summed E-state index contributed by atoms with van der Waals surface area (Å²) in [6, 6.07) is 2.13. The molecular formula is C14H25NO3. The highest BCUT2D eigenvalue weighted by atomic mass is 16.7. The molecule has 4 heteroatoms. The second-order valence-electron chi connectivity index (χ2n) is 4.60. The van der Waals surface area contributed by atoms with Crippen LogP contribution in [0.4, 0.5) is 0 Å². The average molecular weight is 255 g/mol. The van der Waals surface area contributed by atoms with E-state index in [1.807, 2.05) is 0 Å². The summed E-state index contributed by atoms with van der Waals surface area (Å²) in [4.78, 5) is 0. The fourth-order valence-corrected chi connectivity index (χ4v) is 1.87. The van der Waals surface area contributed by atoms with E-state index < -0.39 is 0 Å². The molecule has 0 N–H and O–H groups in total. The quantitative estimate of drug-likeness (QED) is 0.563. The Hall–Kier alpha value is -0.630. The SMILES string of the molecule is N#CCCCCOCCCCOC1CCCCO1. The van der Waals surface area contributed by atoms with Crippen molar-refractivity contribution in [3.63, 3.8) is 0 Å². The highest BCUT2D eigenvalue weighted by molar-refractivity contribution is 4.67. The largest absolute Gasteiger partial charge is 0.381 e. The summed E-state index contributed by atoms with van der Waals surface area (Å²) < 4.78 is 16.6. The Kier molecular flexibility index (Phi) is 9.82. The minimum atomic E-state index is 0.0330. The van der Waals surface area contributed by atoms with Gasteiger partial charge in [-0.2, -0.15) is 5.26 Å². The van der Waals surface area contributed by atoms with Crippen LogP contribution >= 0.6 is 0 Å². The van der Waals surface area contributed by atoms with Gasteiger partial charge in [0.05, 0.1) is 6.07 Å². The molecule has 104 valence electrons. The summed E-state index contributed by atoms with van der Waals surface area (Å²) in [6.07, 6.45) is 8.08. The minimum absolute atomic E-state index is 0.0330. The van der Waals surface area contributed by atoms with Crippen LogP contribution in [-0.2, 0) is 14.2 Å². The lowest BCUT2D eigenvalue weighted by Crippen LogP contribution is -2.22. The van der Waals surface area contributed by atoms with Gasteiger partial charge in [0.25, 0.3) is 0 Å². The molecule has 18 heavy (non-hydrogen) atoms. The van der Waals surface area contributed by atoms with Gasteiger partial charge >= 0.3 is 0 Å². The Morgan fingerprint density at radius 3 is 2.56 bits per heavy atom. The van der Waals surface area contributed by atoms with Gasteiger partial charge in [0, 0.05) is 32.8 Å². The Bertz CT molecular complexity index is 222.